The molecule has 10 aromatic carbocycles. The number of para-hydroxylation sites is 1. The van der Waals surface area contributed by atoms with Crippen molar-refractivity contribution in [1.29, 1.82) is 0 Å². The van der Waals surface area contributed by atoms with Crippen molar-refractivity contribution in [1.82, 2.24) is 4.40 Å². The van der Waals surface area contributed by atoms with Crippen LogP contribution in [0, 0.1) is 0 Å². The maximum absolute atomic E-state index is 2.51. The third-order valence-electron chi connectivity index (χ3n) is 11.6. The second kappa shape index (κ2) is 11.2. The van der Waals surface area contributed by atoms with Gasteiger partial charge in [-0.2, -0.15) is 0 Å². The summed E-state index contributed by atoms with van der Waals surface area (Å²) in [5.41, 5.74) is 9.66. The monoisotopic (exact) mass is 684 g/mol. The van der Waals surface area contributed by atoms with Crippen LogP contribution in [0.2, 0.25) is 0 Å². The van der Waals surface area contributed by atoms with E-state index in [1.165, 1.54) is 92.3 Å². The zero-order valence-electron chi connectivity index (χ0n) is 29.4. The van der Waals surface area contributed by atoms with E-state index in [0.29, 0.717) is 0 Å². The van der Waals surface area contributed by atoms with Gasteiger partial charge < -0.3 is 9.30 Å². The van der Waals surface area contributed by atoms with Gasteiger partial charge in [-0.1, -0.05) is 152 Å². The van der Waals surface area contributed by atoms with E-state index in [1.807, 2.05) is 0 Å². The van der Waals surface area contributed by atoms with Crippen LogP contribution in [0.3, 0.4) is 0 Å². The van der Waals surface area contributed by atoms with Crippen LogP contribution in [0.1, 0.15) is 0 Å². The van der Waals surface area contributed by atoms with Crippen LogP contribution in [0.15, 0.2) is 194 Å². The quantitative estimate of drug-likeness (QED) is 0.132. The lowest BCUT2D eigenvalue weighted by Gasteiger charge is -2.28. The highest BCUT2D eigenvalue weighted by Crippen LogP contribution is 2.46. The van der Waals surface area contributed by atoms with Crippen LogP contribution >= 0.6 is 0 Å². The highest BCUT2D eigenvalue weighted by Gasteiger charge is 2.22. The summed E-state index contributed by atoms with van der Waals surface area (Å²) in [7, 11) is 0. The summed E-state index contributed by atoms with van der Waals surface area (Å²) in [4.78, 5) is 2.43. The minimum atomic E-state index is 1.13. The first kappa shape index (κ1) is 29.4. The smallest absolute Gasteiger partial charge is 0.0620 e. The van der Waals surface area contributed by atoms with E-state index in [2.05, 4.69) is 203 Å². The third-order valence-corrected chi connectivity index (χ3v) is 11.6. The number of anilines is 3. The Bertz CT molecular complexity index is 3380. The van der Waals surface area contributed by atoms with Crippen molar-refractivity contribution in [2.75, 3.05) is 4.90 Å². The number of aromatic nitrogens is 1. The molecule has 0 aliphatic rings. The molecule has 0 saturated carbocycles. The molecule has 54 heavy (non-hydrogen) atoms. The molecule has 0 atom stereocenters. The maximum Gasteiger partial charge on any atom is 0.0620 e. The van der Waals surface area contributed by atoms with E-state index in [0.717, 1.165) is 17.1 Å². The first-order valence-corrected chi connectivity index (χ1v) is 18.7. The van der Waals surface area contributed by atoms with Gasteiger partial charge in [0.15, 0.2) is 0 Å². The molecule has 2 nitrogen and oxygen atoms in total. The van der Waals surface area contributed by atoms with Gasteiger partial charge in [-0.25, -0.2) is 0 Å². The van der Waals surface area contributed by atoms with E-state index in [-0.39, 0.29) is 0 Å². The molecule has 250 valence electrons. The van der Waals surface area contributed by atoms with E-state index in [1.54, 1.807) is 0 Å². The molecule has 2 heterocycles. The van der Waals surface area contributed by atoms with E-state index in [4.69, 9.17) is 0 Å². The van der Waals surface area contributed by atoms with Crippen molar-refractivity contribution < 1.29 is 0 Å². The lowest BCUT2D eigenvalue weighted by molar-refractivity contribution is 1.31. The van der Waals surface area contributed by atoms with Gasteiger partial charge in [0.25, 0.3) is 0 Å². The van der Waals surface area contributed by atoms with E-state index >= 15 is 0 Å². The molecule has 0 fully saturated rings. The second-order valence-electron chi connectivity index (χ2n) is 14.5. The van der Waals surface area contributed by atoms with Gasteiger partial charge in [0.05, 0.1) is 22.2 Å². The van der Waals surface area contributed by atoms with Gasteiger partial charge in [-0.15, -0.1) is 0 Å². The average Bonchev–Trinajstić information content (AvgIpc) is 3.58. The van der Waals surface area contributed by atoms with Gasteiger partial charge in [0, 0.05) is 38.3 Å². The average molecular weight is 685 g/mol. The number of rotatable bonds is 4. The number of benzene rings is 10. The van der Waals surface area contributed by atoms with E-state index in [9.17, 15) is 0 Å². The van der Waals surface area contributed by atoms with Gasteiger partial charge in [-0.3, -0.25) is 0 Å². The van der Waals surface area contributed by atoms with Crippen LogP contribution in [-0.2, 0) is 0 Å². The van der Waals surface area contributed by atoms with Crippen molar-refractivity contribution in [3.63, 3.8) is 0 Å². The molecular weight excluding hydrogens is 653 g/mol. The highest BCUT2D eigenvalue weighted by molar-refractivity contribution is 6.29. The van der Waals surface area contributed by atoms with Crippen molar-refractivity contribution in [3.05, 3.63) is 194 Å². The predicted molar refractivity (Wildman–Crippen MR) is 231 cm³/mol. The molecule has 0 radical (unpaired) electrons. The number of hydrogen-bond donors (Lipinski definition) is 0. The fraction of sp³-hybridized carbons (Fsp3) is 0. The summed E-state index contributed by atoms with van der Waals surface area (Å²) in [6.45, 7) is 0. The summed E-state index contributed by atoms with van der Waals surface area (Å²) in [6.07, 6.45) is 0. The number of nitrogens with zero attached hydrogens (tertiary/aromatic N) is 2. The number of hydrogen-bond acceptors (Lipinski definition) is 1. The van der Waals surface area contributed by atoms with Crippen LogP contribution < -0.4 is 4.90 Å². The lowest BCUT2D eigenvalue weighted by Crippen LogP contribution is -2.10. The third kappa shape index (κ3) is 4.11. The Labute approximate surface area is 311 Å². The Morgan fingerprint density at radius 1 is 0.315 bits per heavy atom. The number of pyridine rings is 1. The Hall–Kier alpha value is -7.16. The molecule has 12 rings (SSSR count). The largest absolute Gasteiger partial charge is 0.310 e. The minimum absolute atomic E-state index is 1.13. The van der Waals surface area contributed by atoms with E-state index < -0.39 is 0 Å². The second-order valence-corrected chi connectivity index (χ2v) is 14.5. The fourth-order valence-electron chi connectivity index (χ4n) is 9.32. The molecule has 0 aliphatic heterocycles. The molecule has 0 amide bonds. The molecule has 0 saturated heterocycles. The lowest BCUT2D eigenvalue weighted by atomic mass is 9.93. The van der Waals surface area contributed by atoms with Crippen LogP contribution in [0.4, 0.5) is 17.1 Å². The molecule has 0 spiro atoms. The number of fused-ring (bicyclic) bond motifs is 8. The van der Waals surface area contributed by atoms with Gasteiger partial charge >= 0.3 is 0 Å². The molecule has 2 heteroatoms. The Morgan fingerprint density at radius 2 is 0.833 bits per heavy atom. The Morgan fingerprint density at radius 3 is 1.59 bits per heavy atom. The predicted octanol–water partition coefficient (Wildman–Crippen LogP) is 14.6. The van der Waals surface area contributed by atoms with Gasteiger partial charge in [0.2, 0.25) is 0 Å². The van der Waals surface area contributed by atoms with Crippen molar-refractivity contribution in [2.24, 2.45) is 0 Å². The summed E-state index contributed by atoms with van der Waals surface area (Å²) >= 11 is 0. The fourth-order valence-corrected chi connectivity index (χ4v) is 9.32. The van der Waals surface area contributed by atoms with Crippen LogP contribution in [-0.4, -0.2) is 4.40 Å². The summed E-state index contributed by atoms with van der Waals surface area (Å²) in [6, 6.07) is 71.6. The van der Waals surface area contributed by atoms with Crippen LogP contribution in [0.25, 0.3) is 92.3 Å². The van der Waals surface area contributed by atoms with Crippen molar-refractivity contribution in [2.45, 2.75) is 0 Å². The summed E-state index contributed by atoms with van der Waals surface area (Å²) < 4.78 is 2.51. The molecule has 0 N–H and O–H groups in total. The normalized spacial score (nSPS) is 12.1. The topological polar surface area (TPSA) is 7.65 Å². The molecule has 12 aromatic rings. The zero-order valence-corrected chi connectivity index (χ0v) is 29.4. The van der Waals surface area contributed by atoms with Crippen molar-refractivity contribution >= 4 is 98.2 Å². The standard InChI is InChI=1S/C52H32N2/c1-3-13-36-31-38(29-27-33(36)11-1)53(39-30-28-34-12-2-4-14-37(34)32-39)47-24-9-18-40-41(17-7-19-42(40)47)43-21-10-26-49-51(43)46-23-8-22-45-44-20-5-15-35-16-6-25-48(50(35)44)54(49)52(45)46/h1-32H. The molecular formula is C52H32N2. The zero-order chi connectivity index (χ0) is 35.3. The molecule has 0 unspecified atom stereocenters. The summed E-state index contributed by atoms with van der Waals surface area (Å²) in [5.74, 6) is 0. The molecule has 0 aliphatic carbocycles. The Balaban J connectivity index is 1.14. The van der Waals surface area contributed by atoms with Gasteiger partial charge in [0.1, 0.15) is 0 Å². The first-order chi connectivity index (χ1) is 26.8. The van der Waals surface area contributed by atoms with Gasteiger partial charge in [-0.05, 0) is 91.3 Å². The highest BCUT2D eigenvalue weighted by atomic mass is 15.1. The maximum atomic E-state index is 2.51. The van der Waals surface area contributed by atoms with Crippen LogP contribution in [0.5, 0.6) is 0 Å². The molecule has 2 aromatic heterocycles. The summed E-state index contributed by atoms with van der Waals surface area (Å²) in [5, 5.41) is 15.1. The molecule has 0 bridgehead atoms. The van der Waals surface area contributed by atoms with Crippen molar-refractivity contribution in [3.8, 4) is 11.1 Å². The first-order valence-electron chi connectivity index (χ1n) is 18.7. The minimum Gasteiger partial charge on any atom is -0.310 e. The SMILES string of the molecule is c1ccc2cc(N(c3ccc4ccccc4c3)c3cccc4c(-c5cccc6c5c5cccc7c8cccc9cccc(c98)n6c75)cccc34)ccc2c1. The Kier molecular flexibility index (Phi) is 6.09.